The van der Waals surface area contributed by atoms with Gasteiger partial charge in [-0.05, 0) is 50.8 Å². The minimum atomic E-state index is -0.964. The van der Waals surface area contributed by atoms with E-state index in [-0.39, 0.29) is 18.1 Å². The Morgan fingerprint density at radius 1 is 1.15 bits per heavy atom. The number of aliphatic carboxylic acids is 1. The molecule has 0 unspecified atom stereocenters. The van der Waals surface area contributed by atoms with E-state index in [1.165, 1.54) is 22.5 Å². The topological polar surface area (TPSA) is 88.5 Å². The van der Waals surface area contributed by atoms with Crippen molar-refractivity contribution in [3.8, 4) is 11.3 Å². The van der Waals surface area contributed by atoms with Crippen LogP contribution in [0.5, 0.6) is 0 Å². The molecule has 2 N–H and O–H groups in total. The van der Waals surface area contributed by atoms with Crippen molar-refractivity contribution in [3.63, 3.8) is 0 Å². The predicted molar refractivity (Wildman–Crippen MR) is 103 cm³/mol. The molecule has 2 aliphatic heterocycles. The number of hydrogen-bond acceptors (Lipinski definition) is 5. The zero-order chi connectivity index (χ0) is 19.3. The minimum absolute atomic E-state index is 0.309. The van der Waals surface area contributed by atoms with E-state index in [4.69, 9.17) is 4.74 Å². The van der Waals surface area contributed by atoms with E-state index in [0.29, 0.717) is 11.6 Å². The Morgan fingerprint density at radius 3 is 2.52 bits per heavy atom. The highest BCUT2D eigenvalue weighted by Crippen LogP contribution is 2.44. The van der Waals surface area contributed by atoms with Crippen molar-refractivity contribution < 1.29 is 19.4 Å². The maximum absolute atomic E-state index is 12.8. The molecule has 2 aromatic rings. The van der Waals surface area contributed by atoms with Crippen molar-refractivity contribution in [3.05, 3.63) is 34.2 Å². The van der Waals surface area contributed by atoms with Gasteiger partial charge in [-0.2, -0.15) is 0 Å². The van der Waals surface area contributed by atoms with Crippen LogP contribution in [0.2, 0.25) is 0 Å². The molecule has 1 aromatic heterocycles. The standard InChI is InChI=1S/C20H22N2O4S/c1-9-4-5-12(8-10(9)2)17-11(3)27-20(21-17)22-18(23)15-13-6-7-14(26-13)16(15)19(24)25/h4-5,8,13-16H,6-7H2,1-3H3,(H,24,25)(H,21,22,23)/t13-,14-,15+,16-/m0/s1. The quantitative estimate of drug-likeness (QED) is 0.839. The van der Waals surface area contributed by atoms with Gasteiger partial charge in [-0.25, -0.2) is 4.98 Å². The second kappa shape index (κ2) is 6.73. The molecular formula is C20H22N2O4S. The van der Waals surface area contributed by atoms with Crippen molar-refractivity contribution in [2.45, 2.75) is 45.8 Å². The van der Waals surface area contributed by atoms with E-state index in [9.17, 15) is 14.7 Å². The maximum Gasteiger partial charge on any atom is 0.310 e. The molecule has 3 heterocycles. The maximum atomic E-state index is 12.8. The lowest BCUT2D eigenvalue weighted by atomic mass is 9.79. The molecule has 0 spiro atoms. The number of nitrogens with one attached hydrogen (secondary N) is 1. The minimum Gasteiger partial charge on any atom is -0.481 e. The van der Waals surface area contributed by atoms with Crippen LogP contribution in [0.1, 0.15) is 28.8 Å². The summed E-state index contributed by atoms with van der Waals surface area (Å²) in [5, 5.41) is 12.8. The summed E-state index contributed by atoms with van der Waals surface area (Å²) >= 11 is 1.40. The summed E-state index contributed by atoms with van der Waals surface area (Å²) in [7, 11) is 0. The summed E-state index contributed by atoms with van der Waals surface area (Å²) in [6, 6.07) is 6.18. The Morgan fingerprint density at radius 2 is 1.85 bits per heavy atom. The first-order valence-corrected chi connectivity index (χ1v) is 9.91. The van der Waals surface area contributed by atoms with Crippen molar-refractivity contribution in [2.24, 2.45) is 11.8 Å². The number of benzene rings is 1. The molecule has 0 aliphatic carbocycles. The van der Waals surface area contributed by atoms with Crippen LogP contribution in [0.25, 0.3) is 11.3 Å². The van der Waals surface area contributed by atoms with Crippen molar-refractivity contribution in [1.29, 1.82) is 0 Å². The molecule has 27 heavy (non-hydrogen) atoms. The van der Waals surface area contributed by atoms with Crippen LogP contribution in [0.4, 0.5) is 5.13 Å². The first-order chi connectivity index (χ1) is 12.8. The lowest BCUT2D eigenvalue weighted by Crippen LogP contribution is -2.40. The summed E-state index contributed by atoms with van der Waals surface area (Å²) in [5.74, 6) is -2.71. The molecule has 2 aliphatic rings. The largest absolute Gasteiger partial charge is 0.481 e. The van der Waals surface area contributed by atoms with Crippen LogP contribution in [0.15, 0.2) is 18.2 Å². The van der Waals surface area contributed by atoms with Crippen molar-refractivity contribution in [2.75, 3.05) is 5.32 Å². The monoisotopic (exact) mass is 386 g/mol. The summed E-state index contributed by atoms with van der Waals surface area (Å²) in [6.07, 6.45) is 0.777. The molecule has 0 radical (unpaired) electrons. The second-order valence-corrected chi connectivity index (χ2v) is 8.60. The van der Waals surface area contributed by atoms with E-state index >= 15 is 0 Å². The van der Waals surface area contributed by atoms with Crippen LogP contribution >= 0.6 is 11.3 Å². The van der Waals surface area contributed by atoms with Crippen LogP contribution in [-0.4, -0.2) is 34.2 Å². The Hall–Kier alpha value is -2.25. The third kappa shape index (κ3) is 3.15. The van der Waals surface area contributed by atoms with Gasteiger partial charge < -0.3 is 15.2 Å². The number of carbonyl (C=O) groups excluding carboxylic acids is 1. The highest BCUT2D eigenvalue weighted by Gasteiger charge is 2.55. The Bertz CT molecular complexity index is 923. The fourth-order valence-corrected chi connectivity index (χ4v) is 4.96. The molecule has 6 nitrogen and oxygen atoms in total. The molecule has 1 aromatic carbocycles. The van der Waals surface area contributed by atoms with Crippen molar-refractivity contribution >= 4 is 28.3 Å². The van der Waals surface area contributed by atoms with E-state index < -0.39 is 17.8 Å². The number of hydrogen-bond donors (Lipinski definition) is 2. The molecule has 142 valence electrons. The number of anilines is 1. The second-order valence-electron chi connectivity index (χ2n) is 7.39. The number of carboxylic acid groups (broad SMARTS) is 1. The normalized spacial score (nSPS) is 26.3. The van der Waals surface area contributed by atoms with Gasteiger partial charge in [0.1, 0.15) is 0 Å². The van der Waals surface area contributed by atoms with Gasteiger partial charge in [0.15, 0.2) is 5.13 Å². The molecule has 0 saturated carbocycles. The Kier molecular flexibility index (Phi) is 4.52. The first kappa shape index (κ1) is 18.1. The molecule has 1 amide bonds. The average molecular weight is 386 g/mol. The third-order valence-electron chi connectivity index (χ3n) is 5.67. The Labute approximate surface area is 161 Å². The van der Waals surface area contributed by atoms with Gasteiger partial charge in [0, 0.05) is 10.4 Å². The summed E-state index contributed by atoms with van der Waals surface area (Å²) in [6.45, 7) is 6.10. The van der Waals surface area contributed by atoms with Crippen LogP contribution in [-0.2, 0) is 14.3 Å². The molecule has 2 fully saturated rings. The number of ether oxygens (including phenoxy) is 1. The fourth-order valence-electron chi connectivity index (χ4n) is 4.12. The number of nitrogens with zero attached hydrogens (tertiary/aromatic N) is 1. The summed E-state index contributed by atoms with van der Waals surface area (Å²) in [5.41, 5.74) is 4.27. The van der Waals surface area contributed by atoms with Gasteiger partial charge in [0.25, 0.3) is 0 Å². The van der Waals surface area contributed by atoms with Gasteiger partial charge in [-0.3, -0.25) is 9.59 Å². The number of aromatic nitrogens is 1. The molecular weight excluding hydrogens is 364 g/mol. The van der Waals surface area contributed by atoms with Crippen LogP contribution < -0.4 is 5.32 Å². The molecule has 2 saturated heterocycles. The molecule has 2 bridgehead atoms. The van der Waals surface area contributed by atoms with E-state index in [0.717, 1.165) is 22.6 Å². The molecule has 4 atom stereocenters. The number of amides is 1. The lowest BCUT2D eigenvalue weighted by Gasteiger charge is -2.23. The van der Waals surface area contributed by atoms with E-state index in [1.54, 1.807) is 0 Å². The summed E-state index contributed by atoms with van der Waals surface area (Å²) < 4.78 is 5.68. The van der Waals surface area contributed by atoms with Gasteiger partial charge in [-0.1, -0.05) is 12.1 Å². The van der Waals surface area contributed by atoms with Gasteiger partial charge >= 0.3 is 5.97 Å². The van der Waals surface area contributed by atoms with Gasteiger partial charge in [0.2, 0.25) is 5.91 Å². The SMILES string of the molecule is Cc1ccc(-c2nc(NC(=O)[C@H]3[C@@H](C(=O)O)[C@@H]4CC[C@@H]3O4)sc2C)cc1C. The fraction of sp³-hybridized carbons (Fsp3) is 0.450. The zero-order valence-corrected chi connectivity index (χ0v) is 16.3. The lowest BCUT2D eigenvalue weighted by molar-refractivity contribution is -0.147. The van der Waals surface area contributed by atoms with Gasteiger partial charge in [0.05, 0.1) is 29.7 Å². The smallest absolute Gasteiger partial charge is 0.310 e. The average Bonchev–Trinajstić information content (AvgIpc) is 3.31. The Balaban J connectivity index is 1.56. The highest BCUT2D eigenvalue weighted by atomic mass is 32.1. The van der Waals surface area contributed by atoms with E-state index in [2.05, 4.69) is 36.3 Å². The van der Waals surface area contributed by atoms with Crippen LogP contribution in [0.3, 0.4) is 0 Å². The molecule has 4 rings (SSSR count). The van der Waals surface area contributed by atoms with Crippen LogP contribution in [0, 0.1) is 32.6 Å². The van der Waals surface area contributed by atoms with E-state index in [1.807, 2.05) is 13.0 Å². The zero-order valence-electron chi connectivity index (χ0n) is 15.5. The third-order valence-corrected chi connectivity index (χ3v) is 6.55. The summed E-state index contributed by atoms with van der Waals surface area (Å²) in [4.78, 5) is 30.0. The predicted octanol–water partition coefficient (Wildman–Crippen LogP) is 3.55. The number of carboxylic acids is 1. The highest BCUT2D eigenvalue weighted by molar-refractivity contribution is 7.16. The number of carbonyl (C=O) groups is 2. The van der Waals surface area contributed by atoms with Crippen molar-refractivity contribution in [1.82, 2.24) is 4.98 Å². The van der Waals surface area contributed by atoms with Gasteiger partial charge in [-0.15, -0.1) is 11.3 Å². The number of rotatable bonds is 4. The molecule has 7 heteroatoms. The number of fused-ring (bicyclic) bond motifs is 2. The number of aryl methyl sites for hydroxylation is 3. The number of thiazole rings is 1. The first-order valence-electron chi connectivity index (χ1n) is 9.09.